The van der Waals surface area contributed by atoms with Gasteiger partial charge in [0.05, 0.1) is 6.04 Å². The van der Waals surface area contributed by atoms with E-state index in [0.717, 1.165) is 6.42 Å². The van der Waals surface area contributed by atoms with Gasteiger partial charge in [0.1, 0.15) is 0 Å². The molecule has 2 aromatic rings. The van der Waals surface area contributed by atoms with Crippen molar-refractivity contribution in [3.8, 4) is 0 Å². The smallest absolute Gasteiger partial charge is 0.171 e. The Morgan fingerprint density at radius 1 is 1.18 bits per heavy atom. The summed E-state index contributed by atoms with van der Waals surface area (Å²) in [5.74, 6) is 0.630. The molecule has 4 heteroatoms. The summed E-state index contributed by atoms with van der Waals surface area (Å²) in [6.45, 7) is 2.12. The third-order valence-corrected chi connectivity index (χ3v) is 2.85. The van der Waals surface area contributed by atoms with Gasteiger partial charge in [-0.15, -0.1) is 0 Å². The van der Waals surface area contributed by atoms with Crippen LogP contribution in [0.15, 0.2) is 42.7 Å². The molecule has 0 radical (unpaired) electrons. The third-order valence-electron chi connectivity index (χ3n) is 2.57. The fourth-order valence-electron chi connectivity index (χ4n) is 1.69. The van der Waals surface area contributed by atoms with E-state index in [0.29, 0.717) is 11.0 Å². The number of hydrogen-bond donors (Lipinski definition) is 1. The van der Waals surface area contributed by atoms with Gasteiger partial charge in [0, 0.05) is 12.4 Å². The lowest BCUT2D eigenvalue weighted by Gasteiger charge is -2.18. The summed E-state index contributed by atoms with van der Waals surface area (Å²) in [7, 11) is 0. The van der Waals surface area contributed by atoms with Gasteiger partial charge >= 0.3 is 0 Å². The Morgan fingerprint density at radius 3 is 2.53 bits per heavy atom. The van der Waals surface area contributed by atoms with Crippen LogP contribution in [0.5, 0.6) is 0 Å². The van der Waals surface area contributed by atoms with Crippen molar-refractivity contribution in [1.29, 1.82) is 0 Å². The first-order valence-corrected chi connectivity index (χ1v) is 5.97. The van der Waals surface area contributed by atoms with Crippen LogP contribution < -0.4 is 5.32 Å². The molecule has 0 saturated carbocycles. The minimum Gasteiger partial charge on any atom is -0.361 e. The van der Waals surface area contributed by atoms with Gasteiger partial charge in [0.25, 0.3) is 0 Å². The van der Waals surface area contributed by atoms with Gasteiger partial charge in [0.15, 0.2) is 11.0 Å². The van der Waals surface area contributed by atoms with E-state index in [-0.39, 0.29) is 6.04 Å². The first-order chi connectivity index (χ1) is 8.31. The van der Waals surface area contributed by atoms with E-state index in [1.807, 2.05) is 18.2 Å². The van der Waals surface area contributed by atoms with Crippen molar-refractivity contribution in [3.05, 3.63) is 53.4 Å². The van der Waals surface area contributed by atoms with E-state index in [9.17, 15) is 0 Å². The van der Waals surface area contributed by atoms with Gasteiger partial charge in [-0.3, -0.25) is 0 Å². The second-order valence-electron chi connectivity index (χ2n) is 3.71. The summed E-state index contributed by atoms with van der Waals surface area (Å²) in [6, 6.07) is 10.4. The number of benzene rings is 1. The summed E-state index contributed by atoms with van der Waals surface area (Å²) in [5.41, 5.74) is 1.22. The Bertz CT molecular complexity index is 473. The largest absolute Gasteiger partial charge is 0.361 e. The fourth-order valence-corrected chi connectivity index (χ4v) is 1.85. The zero-order valence-corrected chi connectivity index (χ0v) is 10.4. The first-order valence-electron chi connectivity index (χ1n) is 5.59. The zero-order valence-electron chi connectivity index (χ0n) is 9.60. The van der Waals surface area contributed by atoms with E-state index in [4.69, 9.17) is 11.6 Å². The molecule has 0 aliphatic carbocycles. The summed E-state index contributed by atoms with van der Waals surface area (Å²) >= 11 is 5.98. The topological polar surface area (TPSA) is 37.8 Å². The molecule has 0 bridgehead atoms. The maximum absolute atomic E-state index is 5.98. The number of aromatic nitrogens is 2. The van der Waals surface area contributed by atoms with Gasteiger partial charge in [-0.25, -0.2) is 9.97 Å². The number of rotatable bonds is 4. The summed E-state index contributed by atoms with van der Waals surface area (Å²) in [6.07, 6.45) is 4.17. The molecular weight excluding hydrogens is 234 g/mol. The van der Waals surface area contributed by atoms with Crippen LogP contribution in [0.1, 0.15) is 24.9 Å². The molecule has 1 unspecified atom stereocenters. The molecule has 0 amide bonds. The molecule has 0 aliphatic heterocycles. The Morgan fingerprint density at radius 2 is 1.88 bits per heavy atom. The van der Waals surface area contributed by atoms with E-state index in [1.165, 1.54) is 5.56 Å². The van der Waals surface area contributed by atoms with Crippen LogP contribution in [0.25, 0.3) is 0 Å². The molecule has 1 aromatic carbocycles. The summed E-state index contributed by atoms with van der Waals surface area (Å²) < 4.78 is 0. The highest BCUT2D eigenvalue weighted by Gasteiger charge is 2.11. The molecule has 88 valence electrons. The molecule has 0 fully saturated rings. The second-order valence-corrected chi connectivity index (χ2v) is 4.07. The first kappa shape index (κ1) is 11.9. The molecule has 3 nitrogen and oxygen atoms in total. The summed E-state index contributed by atoms with van der Waals surface area (Å²) in [4.78, 5) is 8.19. The molecule has 0 spiro atoms. The normalized spacial score (nSPS) is 12.1. The van der Waals surface area contributed by atoms with E-state index < -0.39 is 0 Å². The van der Waals surface area contributed by atoms with Crippen LogP contribution in [0.4, 0.5) is 5.82 Å². The van der Waals surface area contributed by atoms with Gasteiger partial charge in [-0.2, -0.15) is 0 Å². The molecule has 1 aromatic heterocycles. The second kappa shape index (κ2) is 5.64. The van der Waals surface area contributed by atoms with E-state index in [1.54, 1.807) is 12.4 Å². The highest BCUT2D eigenvalue weighted by Crippen LogP contribution is 2.24. The average Bonchev–Trinajstić information content (AvgIpc) is 2.39. The average molecular weight is 248 g/mol. The van der Waals surface area contributed by atoms with Crippen molar-refractivity contribution < 1.29 is 0 Å². The Balaban J connectivity index is 2.19. The molecular formula is C13H14ClN3. The predicted molar refractivity (Wildman–Crippen MR) is 70.1 cm³/mol. The Kier molecular flexibility index (Phi) is 3.94. The lowest BCUT2D eigenvalue weighted by molar-refractivity contribution is 0.743. The third kappa shape index (κ3) is 2.94. The number of nitrogens with one attached hydrogen (secondary N) is 1. The van der Waals surface area contributed by atoms with Gasteiger partial charge in [0.2, 0.25) is 0 Å². The van der Waals surface area contributed by atoms with Crippen LogP contribution in [0, 0.1) is 0 Å². The molecule has 0 saturated heterocycles. The zero-order chi connectivity index (χ0) is 12.1. The summed E-state index contributed by atoms with van der Waals surface area (Å²) in [5, 5.41) is 3.71. The SMILES string of the molecule is CCC(Nc1nccnc1Cl)c1ccccc1. The Hall–Kier alpha value is -1.61. The maximum atomic E-state index is 5.98. The van der Waals surface area contributed by atoms with Crippen LogP contribution >= 0.6 is 11.6 Å². The van der Waals surface area contributed by atoms with Crippen molar-refractivity contribution in [2.45, 2.75) is 19.4 Å². The highest BCUT2D eigenvalue weighted by molar-refractivity contribution is 6.31. The highest BCUT2D eigenvalue weighted by atomic mass is 35.5. The van der Waals surface area contributed by atoms with Crippen LogP contribution in [0.3, 0.4) is 0 Å². The van der Waals surface area contributed by atoms with Gasteiger partial charge in [-0.1, -0.05) is 48.9 Å². The van der Waals surface area contributed by atoms with Crippen LogP contribution in [-0.2, 0) is 0 Å². The number of hydrogen-bond acceptors (Lipinski definition) is 3. The van der Waals surface area contributed by atoms with Crippen LogP contribution in [0.2, 0.25) is 5.15 Å². The Labute approximate surface area is 106 Å². The fraction of sp³-hybridized carbons (Fsp3) is 0.231. The molecule has 1 heterocycles. The number of anilines is 1. The lowest BCUT2D eigenvalue weighted by Crippen LogP contribution is -2.11. The predicted octanol–water partition coefficient (Wildman–Crippen LogP) is 3.69. The van der Waals surface area contributed by atoms with Crippen molar-refractivity contribution in [2.24, 2.45) is 0 Å². The maximum Gasteiger partial charge on any atom is 0.171 e. The molecule has 1 atom stereocenters. The van der Waals surface area contributed by atoms with Gasteiger partial charge < -0.3 is 5.32 Å². The lowest BCUT2D eigenvalue weighted by atomic mass is 10.1. The van der Waals surface area contributed by atoms with Crippen molar-refractivity contribution in [2.75, 3.05) is 5.32 Å². The quantitative estimate of drug-likeness (QED) is 0.895. The van der Waals surface area contributed by atoms with Crippen molar-refractivity contribution >= 4 is 17.4 Å². The van der Waals surface area contributed by atoms with E-state index >= 15 is 0 Å². The number of halogens is 1. The van der Waals surface area contributed by atoms with Crippen molar-refractivity contribution in [3.63, 3.8) is 0 Å². The monoisotopic (exact) mass is 247 g/mol. The minimum absolute atomic E-state index is 0.199. The standard InChI is InChI=1S/C13H14ClN3/c1-2-11(10-6-4-3-5-7-10)17-13-12(14)15-8-9-16-13/h3-9,11H,2H2,1H3,(H,16,17). The van der Waals surface area contributed by atoms with Crippen LogP contribution in [-0.4, -0.2) is 9.97 Å². The molecule has 1 N–H and O–H groups in total. The van der Waals surface area contributed by atoms with Crippen molar-refractivity contribution in [1.82, 2.24) is 9.97 Å². The minimum atomic E-state index is 0.199. The van der Waals surface area contributed by atoms with Gasteiger partial charge in [-0.05, 0) is 12.0 Å². The molecule has 17 heavy (non-hydrogen) atoms. The molecule has 0 aliphatic rings. The van der Waals surface area contributed by atoms with E-state index in [2.05, 4.69) is 34.3 Å². The number of nitrogens with zero attached hydrogens (tertiary/aromatic N) is 2. The molecule has 2 rings (SSSR count).